The van der Waals surface area contributed by atoms with Crippen LogP contribution in [0.15, 0.2) is 29.2 Å². The van der Waals surface area contributed by atoms with Crippen LogP contribution in [-0.4, -0.2) is 58.9 Å². The molecule has 0 aliphatic carbocycles. The van der Waals surface area contributed by atoms with Crippen molar-refractivity contribution in [2.24, 2.45) is 0 Å². The number of nitrogens with one attached hydrogen (secondary N) is 1. The molecule has 0 spiro atoms. The van der Waals surface area contributed by atoms with Gasteiger partial charge in [-0.15, -0.1) is 0 Å². The van der Waals surface area contributed by atoms with Crippen molar-refractivity contribution in [3.05, 3.63) is 29.8 Å². The van der Waals surface area contributed by atoms with Gasteiger partial charge in [-0.25, -0.2) is 16.8 Å². The fourth-order valence-corrected chi connectivity index (χ4v) is 8.33. The van der Waals surface area contributed by atoms with Crippen molar-refractivity contribution in [1.29, 1.82) is 0 Å². The zero-order chi connectivity index (χ0) is 18.9. The molecular formula is C18H27NO5S2. The minimum atomic E-state index is -3.73. The minimum absolute atomic E-state index is 0.0342. The summed E-state index contributed by atoms with van der Waals surface area (Å²) in [5.74, 6) is -0.169. The summed E-state index contributed by atoms with van der Waals surface area (Å²) in [4.78, 5) is 0.188. The van der Waals surface area contributed by atoms with E-state index in [1.165, 1.54) is 0 Å². The first-order valence-corrected chi connectivity index (χ1v) is 12.4. The lowest BCUT2D eigenvalue weighted by molar-refractivity contribution is 0.108. The molecule has 0 bridgehead atoms. The summed E-state index contributed by atoms with van der Waals surface area (Å²) in [5.41, 5.74) is 1.05. The maximum Gasteiger partial charge on any atom is 0.183 e. The van der Waals surface area contributed by atoms with E-state index >= 15 is 0 Å². The third-order valence-electron chi connectivity index (χ3n) is 5.21. The van der Waals surface area contributed by atoms with Crippen LogP contribution in [0.5, 0.6) is 0 Å². The maximum atomic E-state index is 13.1. The molecule has 0 aromatic heterocycles. The van der Waals surface area contributed by atoms with Gasteiger partial charge in [-0.1, -0.05) is 26.0 Å². The molecule has 2 saturated heterocycles. The van der Waals surface area contributed by atoms with Crippen LogP contribution < -0.4 is 5.32 Å². The van der Waals surface area contributed by atoms with E-state index in [0.717, 1.165) is 18.4 Å². The average Bonchev–Trinajstić information content (AvgIpc) is 3.20. The zero-order valence-electron chi connectivity index (χ0n) is 15.2. The Kier molecular flexibility index (Phi) is 5.77. The third kappa shape index (κ3) is 4.30. The first kappa shape index (κ1) is 19.8. The van der Waals surface area contributed by atoms with Crippen molar-refractivity contribution in [2.75, 3.05) is 24.7 Å². The molecule has 1 N–H and O–H groups in total. The Hall–Kier alpha value is -0.960. The molecule has 1 unspecified atom stereocenters. The molecule has 2 aliphatic heterocycles. The molecule has 2 heterocycles. The fraction of sp³-hybridized carbons (Fsp3) is 0.667. The molecule has 2 aliphatic rings. The Bertz CT molecular complexity index is 825. The highest BCUT2D eigenvalue weighted by atomic mass is 32.2. The van der Waals surface area contributed by atoms with Gasteiger partial charge in [0.1, 0.15) is 0 Å². The van der Waals surface area contributed by atoms with Gasteiger partial charge in [0.05, 0.1) is 27.8 Å². The molecule has 0 saturated carbocycles. The molecule has 2 fully saturated rings. The first-order valence-electron chi connectivity index (χ1n) is 9.08. The van der Waals surface area contributed by atoms with Crippen molar-refractivity contribution < 1.29 is 21.6 Å². The Morgan fingerprint density at radius 3 is 2.46 bits per heavy atom. The topological polar surface area (TPSA) is 89.5 Å². The van der Waals surface area contributed by atoms with E-state index in [0.29, 0.717) is 19.1 Å². The summed E-state index contributed by atoms with van der Waals surface area (Å²) in [6.07, 6.45) is 1.94. The number of hydrogen-bond acceptors (Lipinski definition) is 6. The molecule has 1 aromatic carbocycles. The minimum Gasteiger partial charge on any atom is -0.377 e. The lowest BCUT2D eigenvalue weighted by Gasteiger charge is -2.22. The monoisotopic (exact) mass is 401 g/mol. The van der Waals surface area contributed by atoms with Crippen LogP contribution in [0.1, 0.15) is 38.2 Å². The predicted octanol–water partition coefficient (Wildman–Crippen LogP) is 1.52. The van der Waals surface area contributed by atoms with Gasteiger partial charge < -0.3 is 10.1 Å². The zero-order valence-corrected chi connectivity index (χ0v) is 16.9. The van der Waals surface area contributed by atoms with Gasteiger partial charge in [0.2, 0.25) is 0 Å². The molecule has 8 heteroatoms. The van der Waals surface area contributed by atoms with Crippen LogP contribution in [0.4, 0.5) is 0 Å². The molecular weight excluding hydrogens is 374 g/mol. The Labute approximate surface area is 156 Å². The van der Waals surface area contributed by atoms with E-state index in [1.54, 1.807) is 24.3 Å². The van der Waals surface area contributed by atoms with Gasteiger partial charge in [0, 0.05) is 19.2 Å². The lowest BCUT2D eigenvalue weighted by atomic mass is 10.0. The number of hydrogen-bond donors (Lipinski definition) is 1. The van der Waals surface area contributed by atoms with E-state index < -0.39 is 31.0 Å². The summed E-state index contributed by atoms with van der Waals surface area (Å²) in [6.45, 7) is 5.27. The van der Waals surface area contributed by atoms with Crippen LogP contribution in [0.2, 0.25) is 0 Å². The lowest BCUT2D eigenvalue weighted by Crippen LogP contribution is -2.45. The van der Waals surface area contributed by atoms with E-state index in [9.17, 15) is 16.8 Å². The molecule has 3 atom stereocenters. The molecule has 0 radical (unpaired) electrons. The van der Waals surface area contributed by atoms with Crippen molar-refractivity contribution in [3.8, 4) is 0 Å². The standard InChI is InChI=1S/C18H27NO5S2/c1-13(2)14-5-7-16(8-6-14)26(22,23)18-12-25(20,21)11-17(18)19-10-15-4-3-9-24-15/h5-8,13,15,17-19H,3-4,9-12H2,1-2H3/t15?,17-,18-/m0/s1. The molecule has 146 valence electrons. The SMILES string of the molecule is CC(C)c1ccc(S(=O)(=O)[C@H]2CS(=O)(=O)C[C@@H]2NCC2CCCO2)cc1. The molecule has 26 heavy (non-hydrogen) atoms. The van der Waals surface area contributed by atoms with Gasteiger partial charge in [-0.3, -0.25) is 0 Å². The van der Waals surface area contributed by atoms with E-state index in [4.69, 9.17) is 4.74 Å². The van der Waals surface area contributed by atoms with Crippen LogP contribution in [0.25, 0.3) is 0 Å². The third-order valence-corrected chi connectivity index (χ3v) is 9.37. The summed E-state index contributed by atoms with van der Waals surface area (Å²) in [7, 11) is -7.12. The summed E-state index contributed by atoms with van der Waals surface area (Å²) < 4.78 is 56.0. The second kappa shape index (κ2) is 7.58. The predicted molar refractivity (Wildman–Crippen MR) is 101 cm³/mol. The summed E-state index contributed by atoms with van der Waals surface area (Å²) >= 11 is 0. The highest BCUT2D eigenvalue weighted by molar-refractivity contribution is 7.96. The summed E-state index contributed by atoms with van der Waals surface area (Å²) in [6, 6.07) is 6.18. The number of sulfone groups is 2. The molecule has 3 rings (SSSR count). The number of ether oxygens (including phenoxy) is 1. The van der Waals surface area contributed by atoms with Gasteiger partial charge >= 0.3 is 0 Å². The van der Waals surface area contributed by atoms with E-state index in [-0.39, 0.29) is 22.5 Å². The van der Waals surface area contributed by atoms with Gasteiger partial charge in [0.15, 0.2) is 19.7 Å². The number of rotatable bonds is 6. The largest absolute Gasteiger partial charge is 0.377 e. The second-order valence-electron chi connectivity index (χ2n) is 7.53. The highest BCUT2D eigenvalue weighted by Crippen LogP contribution is 2.27. The highest BCUT2D eigenvalue weighted by Gasteiger charge is 2.45. The van der Waals surface area contributed by atoms with Crippen molar-refractivity contribution in [3.63, 3.8) is 0 Å². The van der Waals surface area contributed by atoms with Gasteiger partial charge in [-0.2, -0.15) is 0 Å². The average molecular weight is 402 g/mol. The van der Waals surface area contributed by atoms with E-state index in [2.05, 4.69) is 5.32 Å². The Morgan fingerprint density at radius 2 is 1.88 bits per heavy atom. The fourth-order valence-electron chi connectivity index (χ4n) is 3.62. The van der Waals surface area contributed by atoms with E-state index in [1.807, 2.05) is 13.8 Å². The maximum absolute atomic E-state index is 13.1. The Balaban J connectivity index is 1.80. The smallest absolute Gasteiger partial charge is 0.183 e. The van der Waals surface area contributed by atoms with Crippen LogP contribution in [0, 0.1) is 0 Å². The summed E-state index contributed by atoms with van der Waals surface area (Å²) in [5, 5.41) is 2.19. The first-order chi connectivity index (χ1) is 12.2. The molecule has 6 nitrogen and oxygen atoms in total. The van der Waals surface area contributed by atoms with Gasteiger partial charge in [0.25, 0.3) is 0 Å². The normalized spacial score (nSPS) is 28.7. The van der Waals surface area contributed by atoms with Crippen molar-refractivity contribution >= 4 is 19.7 Å². The Morgan fingerprint density at radius 1 is 1.19 bits per heavy atom. The molecule has 1 aromatic rings. The quantitative estimate of drug-likeness (QED) is 0.777. The second-order valence-corrected chi connectivity index (χ2v) is 11.9. The van der Waals surface area contributed by atoms with Crippen LogP contribution >= 0.6 is 0 Å². The van der Waals surface area contributed by atoms with Crippen LogP contribution in [0.3, 0.4) is 0 Å². The number of benzene rings is 1. The van der Waals surface area contributed by atoms with Crippen molar-refractivity contribution in [1.82, 2.24) is 5.32 Å². The van der Waals surface area contributed by atoms with Crippen molar-refractivity contribution in [2.45, 2.75) is 54.9 Å². The molecule has 0 amide bonds. The van der Waals surface area contributed by atoms with Crippen LogP contribution in [-0.2, 0) is 24.4 Å². The van der Waals surface area contributed by atoms with Gasteiger partial charge in [-0.05, 0) is 36.5 Å².